The average Bonchev–Trinajstić information content (AvgIpc) is 3.54. The zero-order valence-electron chi connectivity index (χ0n) is 19.0. The van der Waals surface area contributed by atoms with E-state index in [1.165, 1.54) is 17.6 Å². The summed E-state index contributed by atoms with van der Waals surface area (Å²) < 4.78 is 15.7. The molecule has 3 aromatic rings. The molecule has 0 saturated carbocycles. The van der Waals surface area contributed by atoms with Crippen molar-refractivity contribution < 1.29 is 28.3 Å². The van der Waals surface area contributed by atoms with E-state index < -0.39 is 5.97 Å². The van der Waals surface area contributed by atoms with Gasteiger partial charge in [0, 0.05) is 30.0 Å². The maximum atomic E-state index is 13.0. The summed E-state index contributed by atoms with van der Waals surface area (Å²) in [6.07, 6.45) is 2.53. The lowest BCUT2D eigenvalue weighted by Gasteiger charge is -2.30. The van der Waals surface area contributed by atoms with Gasteiger partial charge in [-0.2, -0.15) is 0 Å². The highest BCUT2D eigenvalue weighted by Crippen LogP contribution is 2.37. The summed E-state index contributed by atoms with van der Waals surface area (Å²) in [5.41, 5.74) is 1.86. The summed E-state index contributed by atoms with van der Waals surface area (Å²) in [4.78, 5) is 40.0. The molecule has 0 radical (unpaired) electrons. The van der Waals surface area contributed by atoms with E-state index >= 15 is 0 Å². The number of methoxy groups -OCH3 is 1. The molecule has 2 amide bonds. The molecule has 34 heavy (non-hydrogen) atoms. The van der Waals surface area contributed by atoms with Crippen molar-refractivity contribution in [1.82, 2.24) is 4.90 Å². The smallest absolute Gasteiger partial charge is 0.341 e. The molecular weight excluding hydrogens is 456 g/mol. The van der Waals surface area contributed by atoms with Gasteiger partial charge in [0.2, 0.25) is 5.91 Å². The van der Waals surface area contributed by atoms with Gasteiger partial charge < -0.3 is 24.1 Å². The van der Waals surface area contributed by atoms with Crippen LogP contribution in [0.5, 0.6) is 5.75 Å². The van der Waals surface area contributed by atoms with Crippen LogP contribution in [0.25, 0.3) is 11.1 Å². The fourth-order valence-corrected chi connectivity index (χ4v) is 4.91. The molecule has 8 nitrogen and oxygen atoms in total. The Morgan fingerprint density at radius 1 is 1.15 bits per heavy atom. The number of furan rings is 1. The third-order valence-electron chi connectivity index (χ3n) is 5.79. The number of rotatable bonds is 7. The first-order valence-corrected chi connectivity index (χ1v) is 12.0. The van der Waals surface area contributed by atoms with Gasteiger partial charge in [0.1, 0.15) is 16.3 Å². The summed E-state index contributed by atoms with van der Waals surface area (Å²) >= 11 is 1.29. The first-order valence-electron chi connectivity index (χ1n) is 11.1. The van der Waals surface area contributed by atoms with E-state index in [9.17, 15) is 14.4 Å². The SMILES string of the molecule is CCOC(=O)c1c(-c2ccc(OC)cc2)csc1NC(=O)C1CCN(C(=O)c2ccco2)CC1. The number of anilines is 1. The highest BCUT2D eigenvalue weighted by molar-refractivity contribution is 7.15. The third-order valence-corrected chi connectivity index (χ3v) is 6.69. The van der Waals surface area contributed by atoms with Crippen LogP contribution in [-0.2, 0) is 9.53 Å². The monoisotopic (exact) mass is 482 g/mol. The van der Waals surface area contributed by atoms with Gasteiger partial charge in [0.05, 0.1) is 20.0 Å². The quantitative estimate of drug-likeness (QED) is 0.491. The van der Waals surface area contributed by atoms with Gasteiger partial charge in [0.15, 0.2) is 5.76 Å². The highest BCUT2D eigenvalue weighted by Gasteiger charge is 2.30. The third kappa shape index (κ3) is 4.99. The maximum absolute atomic E-state index is 13.0. The average molecular weight is 483 g/mol. The van der Waals surface area contributed by atoms with Gasteiger partial charge in [-0.05, 0) is 49.6 Å². The van der Waals surface area contributed by atoms with Gasteiger partial charge in [-0.3, -0.25) is 9.59 Å². The molecule has 1 aliphatic heterocycles. The Morgan fingerprint density at radius 2 is 1.88 bits per heavy atom. The predicted molar refractivity (Wildman–Crippen MR) is 128 cm³/mol. The number of ether oxygens (including phenoxy) is 2. The van der Waals surface area contributed by atoms with Gasteiger partial charge in [-0.1, -0.05) is 12.1 Å². The lowest BCUT2D eigenvalue weighted by molar-refractivity contribution is -0.121. The lowest BCUT2D eigenvalue weighted by Crippen LogP contribution is -2.41. The number of likely N-dealkylation sites (tertiary alicyclic amines) is 1. The topological polar surface area (TPSA) is 98.1 Å². The number of amides is 2. The standard InChI is InChI=1S/C25H26N2O6S/c1-3-32-25(30)21-19(16-6-8-18(31-2)9-7-16)15-34-23(21)26-22(28)17-10-12-27(13-11-17)24(29)20-5-4-14-33-20/h4-9,14-15,17H,3,10-13H2,1-2H3,(H,26,28). The van der Waals surface area contributed by atoms with Crippen LogP contribution < -0.4 is 10.1 Å². The van der Waals surface area contributed by atoms with Crippen molar-refractivity contribution in [3.05, 3.63) is 59.4 Å². The lowest BCUT2D eigenvalue weighted by atomic mass is 9.95. The van der Waals surface area contributed by atoms with Crippen molar-refractivity contribution in [2.24, 2.45) is 5.92 Å². The van der Waals surface area contributed by atoms with Gasteiger partial charge in [-0.25, -0.2) is 4.79 Å². The van der Waals surface area contributed by atoms with E-state index in [4.69, 9.17) is 13.9 Å². The van der Waals surface area contributed by atoms with Crippen molar-refractivity contribution >= 4 is 34.1 Å². The number of esters is 1. The summed E-state index contributed by atoms with van der Waals surface area (Å²) in [7, 11) is 1.59. The summed E-state index contributed by atoms with van der Waals surface area (Å²) in [5, 5.41) is 5.24. The van der Waals surface area contributed by atoms with Crippen molar-refractivity contribution in [2.75, 3.05) is 32.1 Å². The van der Waals surface area contributed by atoms with E-state index in [2.05, 4.69) is 5.32 Å². The van der Waals surface area contributed by atoms with Gasteiger partial charge in [-0.15, -0.1) is 11.3 Å². The van der Waals surface area contributed by atoms with Crippen LogP contribution in [-0.4, -0.2) is 49.5 Å². The molecule has 1 aliphatic rings. The van der Waals surface area contributed by atoms with Crippen LogP contribution in [0.15, 0.2) is 52.5 Å². The largest absolute Gasteiger partial charge is 0.497 e. The Hall–Kier alpha value is -3.59. The van der Waals surface area contributed by atoms with E-state index in [1.54, 1.807) is 31.1 Å². The first-order chi connectivity index (χ1) is 16.5. The maximum Gasteiger partial charge on any atom is 0.341 e. The van der Waals surface area contributed by atoms with Crippen LogP contribution in [0.4, 0.5) is 5.00 Å². The van der Waals surface area contributed by atoms with Gasteiger partial charge >= 0.3 is 5.97 Å². The van der Waals surface area contributed by atoms with Crippen LogP contribution in [0.2, 0.25) is 0 Å². The predicted octanol–water partition coefficient (Wildman–Crippen LogP) is 4.68. The molecule has 0 spiro atoms. The number of hydrogen-bond acceptors (Lipinski definition) is 7. The minimum atomic E-state index is -0.483. The Bertz CT molecular complexity index is 1140. The molecule has 0 bridgehead atoms. The molecule has 1 aromatic carbocycles. The Balaban J connectivity index is 1.47. The number of nitrogens with one attached hydrogen (secondary N) is 1. The van der Waals surface area contributed by atoms with E-state index in [0.29, 0.717) is 53.6 Å². The second kappa shape index (κ2) is 10.6. The molecule has 9 heteroatoms. The van der Waals surface area contributed by atoms with Crippen LogP contribution >= 0.6 is 11.3 Å². The zero-order valence-corrected chi connectivity index (χ0v) is 19.9. The fourth-order valence-electron chi connectivity index (χ4n) is 3.95. The van der Waals surface area contributed by atoms with Crippen molar-refractivity contribution in [3.8, 4) is 16.9 Å². The van der Waals surface area contributed by atoms with E-state index in [0.717, 1.165) is 5.56 Å². The number of carbonyl (C=O) groups is 3. The molecule has 0 unspecified atom stereocenters. The van der Waals surface area contributed by atoms with Crippen LogP contribution in [0, 0.1) is 5.92 Å². The number of piperidine rings is 1. The summed E-state index contributed by atoms with van der Waals surface area (Å²) in [6.45, 7) is 2.90. The number of thiophene rings is 1. The minimum Gasteiger partial charge on any atom is -0.497 e. The molecule has 4 rings (SSSR count). The molecule has 0 aliphatic carbocycles. The molecule has 0 atom stereocenters. The van der Waals surface area contributed by atoms with E-state index in [1.807, 2.05) is 29.6 Å². The molecular formula is C25H26N2O6S. The second-order valence-electron chi connectivity index (χ2n) is 7.84. The fraction of sp³-hybridized carbons (Fsp3) is 0.320. The summed E-state index contributed by atoms with van der Waals surface area (Å²) in [5.74, 6) is -0.0747. The molecule has 1 N–H and O–H groups in total. The highest BCUT2D eigenvalue weighted by atomic mass is 32.1. The summed E-state index contributed by atoms with van der Waals surface area (Å²) in [6, 6.07) is 10.7. The van der Waals surface area contributed by atoms with Crippen LogP contribution in [0.1, 0.15) is 40.7 Å². The first kappa shape index (κ1) is 23.6. The number of benzene rings is 1. The number of carbonyl (C=O) groups excluding carboxylic acids is 3. The molecule has 3 heterocycles. The number of nitrogens with zero attached hydrogens (tertiary/aromatic N) is 1. The minimum absolute atomic E-state index is 0.168. The Kier molecular flexibility index (Phi) is 7.32. The normalized spacial score (nSPS) is 14.0. The van der Waals surface area contributed by atoms with Gasteiger partial charge in [0.25, 0.3) is 5.91 Å². The van der Waals surface area contributed by atoms with E-state index in [-0.39, 0.29) is 24.3 Å². The zero-order chi connectivity index (χ0) is 24.1. The van der Waals surface area contributed by atoms with Crippen LogP contribution in [0.3, 0.4) is 0 Å². The van der Waals surface area contributed by atoms with Crippen molar-refractivity contribution in [2.45, 2.75) is 19.8 Å². The second-order valence-corrected chi connectivity index (χ2v) is 8.72. The Labute approximate surface area is 201 Å². The number of hydrogen-bond donors (Lipinski definition) is 1. The van der Waals surface area contributed by atoms with Crippen molar-refractivity contribution in [1.29, 1.82) is 0 Å². The molecule has 1 saturated heterocycles. The molecule has 1 fully saturated rings. The van der Waals surface area contributed by atoms with Crippen molar-refractivity contribution in [3.63, 3.8) is 0 Å². The molecule has 2 aromatic heterocycles. The Morgan fingerprint density at radius 3 is 2.50 bits per heavy atom. The molecule has 178 valence electrons.